The number of nitrogens with zero attached hydrogens (tertiary/aromatic N) is 5. The molecule has 2 aliphatic rings. The number of hydrogen-bond acceptors (Lipinski definition) is 9. The SMILES string of the molecule is CC[C@]1(N)C[C@H](c2ncc(N3CCOCC3)c(Cc3cc(C#N)cc(C(F)(F)F)c3)n2)c2cc(C(F)(F)F)ccc2N1C(=O)OCC(C)(C)C(=O)O. The Kier molecular flexibility index (Phi) is 10.5. The zero-order valence-corrected chi connectivity index (χ0v) is 28.4. The van der Waals surface area contributed by atoms with E-state index in [0.29, 0.717) is 32.0 Å². The minimum Gasteiger partial charge on any atom is -0.481 e. The van der Waals surface area contributed by atoms with Crippen molar-refractivity contribution >= 4 is 23.4 Å². The van der Waals surface area contributed by atoms with Crippen LogP contribution in [-0.2, 0) is 33.0 Å². The fourth-order valence-electron chi connectivity index (χ4n) is 6.20. The number of halogens is 6. The van der Waals surface area contributed by atoms with E-state index in [-0.39, 0.29) is 53.2 Å². The Labute approximate surface area is 294 Å². The Hall–Kier alpha value is -4.95. The third-order valence-electron chi connectivity index (χ3n) is 9.25. The second-order valence-electron chi connectivity index (χ2n) is 13.4. The molecule has 1 fully saturated rings. The van der Waals surface area contributed by atoms with E-state index in [1.54, 1.807) is 13.0 Å². The van der Waals surface area contributed by atoms with Crippen LogP contribution in [0.2, 0.25) is 0 Å². The number of alkyl halides is 6. The maximum atomic E-state index is 14.1. The van der Waals surface area contributed by atoms with Gasteiger partial charge in [-0.15, -0.1) is 0 Å². The summed E-state index contributed by atoms with van der Waals surface area (Å²) in [6, 6.07) is 7.44. The lowest BCUT2D eigenvalue weighted by atomic mass is 9.80. The minimum atomic E-state index is -4.79. The molecule has 0 unspecified atom stereocenters. The highest BCUT2D eigenvalue weighted by atomic mass is 19.4. The molecule has 2 aliphatic heterocycles. The zero-order valence-electron chi connectivity index (χ0n) is 28.4. The van der Waals surface area contributed by atoms with Crippen LogP contribution in [0.15, 0.2) is 42.6 Å². The topological polar surface area (TPSA) is 155 Å². The molecule has 3 N–H and O–H groups in total. The van der Waals surface area contributed by atoms with Gasteiger partial charge in [-0.25, -0.2) is 14.8 Å². The highest BCUT2D eigenvalue weighted by Crippen LogP contribution is 2.48. The third-order valence-corrected chi connectivity index (χ3v) is 9.25. The van der Waals surface area contributed by atoms with E-state index in [9.17, 15) is 46.3 Å². The molecule has 0 aliphatic carbocycles. The molecular formula is C35H36F6N6O5. The van der Waals surface area contributed by atoms with Crippen LogP contribution in [0, 0.1) is 16.7 Å². The number of carbonyl (C=O) groups excluding carboxylic acids is 1. The number of rotatable bonds is 8. The molecule has 11 nitrogen and oxygen atoms in total. The van der Waals surface area contributed by atoms with Crippen molar-refractivity contribution in [3.63, 3.8) is 0 Å². The summed E-state index contributed by atoms with van der Waals surface area (Å²) >= 11 is 0. The standard InChI is InChI=1S/C35H36F6N6O5/c1-4-33(43)16-25(24-15-22(34(36,37)38)5-6-27(24)47(33)31(50)52-19-32(2,3)30(48)49)29-44-18-28(46-7-9-51-10-8-46)26(45-29)14-20-11-21(17-42)13-23(12-20)35(39,40)41/h5-6,11-13,15,18,25H,4,7-10,14,16,19,43H2,1-3H3,(H,48,49)/t25-,33+/m0/s1. The highest BCUT2D eigenvalue weighted by molar-refractivity contribution is 5.92. The monoisotopic (exact) mass is 734 g/mol. The fourth-order valence-corrected chi connectivity index (χ4v) is 6.20. The summed E-state index contributed by atoms with van der Waals surface area (Å²) in [7, 11) is 0. The highest BCUT2D eigenvalue weighted by Gasteiger charge is 2.48. The number of nitrogens with two attached hydrogens (primary N) is 1. The smallest absolute Gasteiger partial charge is 0.416 e. The first-order valence-corrected chi connectivity index (χ1v) is 16.3. The van der Waals surface area contributed by atoms with Crippen LogP contribution < -0.4 is 15.5 Å². The average molecular weight is 735 g/mol. The van der Waals surface area contributed by atoms with Crippen molar-refractivity contribution in [2.24, 2.45) is 11.1 Å². The maximum Gasteiger partial charge on any atom is 0.416 e. The van der Waals surface area contributed by atoms with Gasteiger partial charge in [-0.2, -0.15) is 31.6 Å². The Morgan fingerprint density at radius 1 is 1.06 bits per heavy atom. The van der Waals surface area contributed by atoms with Crippen molar-refractivity contribution < 1.29 is 50.5 Å². The van der Waals surface area contributed by atoms with Gasteiger partial charge in [0.25, 0.3) is 0 Å². The molecule has 0 spiro atoms. The van der Waals surface area contributed by atoms with E-state index < -0.39 is 59.1 Å². The number of aliphatic carboxylic acids is 1. The van der Waals surface area contributed by atoms with Gasteiger partial charge in [-0.05, 0) is 74.2 Å². The summed E-state index contributed by atoms with van der Waals surface area (Å²) in [6.45, 7) is 5.27. The van der Waals surface area contributed by atoms with Gasteiger partial charge in [-0.3, -0.25) is 9.69 Å². The van der Waals surface area contributed by atoms with Crippen LogP contribution >= 0.6 is 0 Å². The molecule has 1 amide bonds. The molecule has 3 aromatic rings. The molecule has 1 saturated heterocycles. The quantitative estimate of drug-likeness (QED) is 0.246. The van der Waals surface area contributed by atoms with Crippen LogP contribution in [0.1, 0.15) is 78.9 Å². The second kappa shape index (κ2) is 14.2. The number of ether oxygens (including phenoxy) is 2. The summed E-state index contributed by atoms with van der Waals surface area (Å²) in [5, 5.41) is 19.0. The molecule has 0 saturated carbocycles. The van der Waals surface area contributed by atoms with Gasteiger partial charge in [0.1, 0.15) is 18.1 Å². The predicted molar refractivity (Wildman–Crippen MR) is 174 cm³/mol. The van der Waals surface area contributed by atoms with Gasteiger partial charge in [0.2, 0.25) is 0 Å². The molecule has 3 heterocycles. The number of amides is 1. The van der Waals surface area contributed by atoms with Crippen LogP contribution in [0.5, 0.6) is 0 Å². The van der Waals surface area contributed by atoms with Gasteiger partial charge in [0, 0.05) is 25.4 Å². The van der Waals surface area contributed by atoms with E-state index in [0.717, 1.165) is 35.2 Å². The average Bonchev–Trinajstić information content (AvgIpc) is 3.09. The fraction of sp³-hybridized carbons (Fsp3) is 0.457. The normalized spacial score (nSPS) is 19.5. The third kappa shape index (κ3) is 7.92. The number of hydrogen-bond donors (Lipinski definition) is 2. The molecule has 278 valence electrons. The number of nitriles is 1. The lowest BCUT2D eigenvalue weighted by molar-refractivity contribution is -0.149. The van der Waals surface area contributed by atoms with Gasteiger partial charge in [0.15, 0.2) is 0 Å². The second-order valence-corrected chi connectivity index (χ2v) is 13.4. The van der Waals surface area contributed by atoms with Crippen LogP contribution in [0.4, 0.5) is 42.5 Å². The Morgan fingerprint density at radius 3 is 2.33 bits per heavy atom. The van der Waals surface area contributed by atoms with Gasteiger partial charge >= 0.3 is 24.4 Å². The Balaban J connectivity index is 1.65. The first kappa shape index (κ1) is 38.3. The lowest BCUT2D eigenvalue weighted by Gasteiger charge is -2.47. The van der Waals surface area contributed by atoms with Gasteiger partial charge in [-0.1, -0.05) is 6.92 Å². The van der Waals surface area contributed by atoms with E-state index in [1.807, 2.05) is 4.90 Å². The van der Waals surface area contributed by atoms with Gasteiger partial charge in [0.05, 0.1) is 64.7 Å². The van der Waals surface area contributed by atoms with E-state index >= 15 is 0 Å². The first-order valence-electron chi connectivity index (χ1n) is 16.3. The molecule has 0 bridgehead atoms. The van der Waals surface area contributed by atoms with Crippen molar-refractivity contribution in [2.45, 2.75) is 64.0 Å². The number of carboxylic acids is 1. The van der Waals surface area contributed by atoms with Crippen molar-refractivity contribution in [2.75, 3.05) is 42.7 Å². The predicted octanol–water partition coefficient (Wildman–Crippen LogP) is 6.47. The molecule has 2 atom stereocenters. The summed E-state index contributed by atoms with van der Waals surface area (Å²) in [6.07, 6.45) is -9.47. The number of fused-ring (bicyclic) bond motifs is 1. The number of benzene rings is 2. The number of anilines is 2. The summed E-state index contributed by atoms with van der Waals surface area (Å²) in [4.78, 5) is 37.5. The number of carboxylic acid groups (broad SMARTS) is 1. The largest absolute Gasteiger partial charge is 0.481 e. The molecule has 5 rings (SSSR count). The molecule has 0 radical (unpaired) electrons. The number of carbonyl (C=O) groups is 2. The molecule has 52 heavy (non-hydrogen) atoms. The Morgan fingerprint density at radius 2 is 1.73 bits per heavy atom. The van der Waals surface area contributed by atoms with Crippen LogP contribution in [0.3, 0.4) is 0 Å². The van der Waals surface area contributed by atoms with Crippen molar-refractivity contribution in [1.82, 2.24) is 9.97 Å². The molecular weight excluding hydrogens is 698 g/mol. The van der Waals surface area contributed by atoms with Crippen molar-refractivity contribution in [3.8, 4) is 6.07 Å². The van der Waals surface area contributed by atoms with Crippen molar-refractivity contribution in [3.05, 3.63) is 81.9 Å². The van der Waals surface area contributed by atoms with E-state index in [4.69, 9.17) is 20.2 Å². The minimum absolute atomic E-state index is 0.00312. The maximum absolute atomic E-state index is 14.1. The molecule has 1 aromatic heterocycles. The van der Waals surface area contributed by atoms with Crippen LogP contribution in [0.25, 0.3) is 0 Å². The van der Waals surface area contributed by atoms with E-state index in [2.05, 4.69) is 4.98 Å². The number of aromatic nitrogens is 2. The molecule has 17 heteroatoms. The lowest BCUT2D eigenvalue weighted by Crippen LogP contribution is -2.62. The first-order chi connectivity index (χ1) is 24.3. The van der Waals surface area contributed by atoms with Crippen molar-refractivity contribution in [1.29, 1.82) is 5.26 Å². The van der Waals surface area contributed by atoms with E-state index in [1.165, 1.54) is 26.1 Å². The van der Waals surface area contributed by atoms with Gasteiger partial charge < -0.3 is 25.2 Å². The zero-order chi connectivity index (χ0) is 38.2. The summed E-state index contributed by atoms with van der Waals surface area (Å²) in [5.41, 5.74) is 2.26. The molecule has 2 aromatic carbocycles. The summed E-state index contributed by atoms with van der Waals surface area (Å²) < 4.78 is 94.5. The number of morpholine rings is 1. The van der Waals surface area contributed by atoms with Crippen LogP contribution in [-0.4, -0.2) is 65.7 Å². The Bertz CT molecular complexity index is 1890. The summed E-state index contributed by atoms with van der Waals surface area (Å²) in [5.74, 6) is -2.29.